The Hall–Kier alpha value is -0.0300. The highest BCUT2D eigenvalue weighted by Crippen LogP contribution is 2.39. The third-order valence-corrected chi connectivity index (χ3v) is 7.96. The van der Waals surface area contributed by atoms with Gasteiger partial charge in [0.25, 0.3) is 0 Å². The molecular weight excluding hydrogens is 378 g/mol. The summed E-state index contributed by atoms with van der Waals surface area (Å²) in [6.45, 7) is 0.616. The number of aliphatic hydroxyl groups excluding tert-OH is 4. The van der Waals surface area contributed by atoms with E-state index in [0.717, 1.165) is 18.1 Å². The fraction of sp³-hybridized carbons (Fsp3) is 0.941. The predicted molar refractivity (Wildman–Crippen MR) is 103 cm³/mol. The van der Waals surface area contributed by atoms with Crippen LogP contribution in [0.25, 0.3) is 0 Å². The van der Waals surface area contributed by atoms with Gasteiger partial charge < -0.3 is 25.2 Å². The number of rotatable bonds is 10. The average molecular weight is 410 g/mol. The first kappa shape index (κ1) is 22.3. The number of carbonyl (C=O) groups excluding carboxylic acids is 1. The Morgan fingerprint density at radius 1 is 1.15 bits per heavy atom. The van der Waals surface area contributed by atoms with Crippen LogP contribution in [0, 0.1) is 0 Å². The van der Waals surface area contributed by atoms with Gasteiger partial charge in [-0.15, -0.1) is 0 Å². The monoisotopic (exact) mass is 409 g/mol. The first-order chi connectivity index (χ1) is 12.5. The van der Waals surface area contributed by atoms with Gasteiger partial charge in [-0.05, 0) is 25.7 Å². The number of unbranched alkanes of at least 4 members (excludes halogenated alkanes) is 1. The van der Waals surface area contributed by atoms with Crippen LogP contribution in [0.2, 0.25) is 0 Å². The van der Waals surface area contributed by atoms with Gasteiger partial charge >= 0.3 is 5.97 Å². The molecule has 0 radical (unpaired) electrons. The number of esters is 1. The second-order valence-electron chi connectivity index (χ2n) is 6.94. The number of ether oxygens (including phenoxy) is 1. The predicted octanol–water partition coefficient (Wildman–Crippen LogP) is 0.393. The lowest BCUT2D eigenvalue weighted by atomic mass is 9.94. The number of aliphatic hydroxyl groups is 4. The molecule has 0 spiro atoms. The van der Waals surface area contributed by atoms with E-state index in [-0.39, 0.29) is 25.7 Å². The lowest BCUT2D eigenvalue weighted by Gasteiger charge is -2.43. The molecule has 7 nitrogen and oxygen atoms in total. The molecule has 2 aliphatic heterocycles. The number of nitrogens with zero attached hydrogens (tertiary/aromatic N) is 1. The van der Waals surface area contributed by atoms with Crippen LogP contribution in [0.15, 0.2) is 0 Å². The quantitative estimate of drug-likeness (QED) is 0.231. The molecular formula is C17H31NO6S2. The molecule has 2 fully saturated rings. The number of piperidine rings is 1. The summed E-state index contributed by atoms with van der Waals surface area (Å²) in [6.07, 6.45) is 1.85. The van der Waals surface area contributed by atoms with Crippen molar-refractivity contribution >= 4 is 27.6 Å². The van der Waals surface area contributed by atoms with E-state index in [1.807, 2.05) is 21.6 Å². The normalized spacial score (nSPS) is 32.7. The summed E-state index contributed by atoms with van der Waals surface area (Å²) in [5, 5.41) is 39.5. The third-order valence-electron chi connectivity index (χ3n) is 4.95. The molecule has 2 aliphatic rings. The molecule has 5 atom stereocenters. The summed E-state index contributed by atoms with van der Waals surface area (Å²) < 4.78 is 5.24. The zero-order valence-corrected chi connectivity index (χ0v) is 16.7. The van der Waals surface area contributed by atoms with E-state index in [1.54, 1.807) is 4.90 Å². The Balaban J connectivity index is 1.55. The van der Waals surface area contributed by atoms with E-state index in [2.05, 4.69) is 0 Å². The second kappa shape index (κ2) is 11.7. The Morgan fingerprint density at radius 2 is 1.96 bits per heavy atom. The molecule has 4 N–H and O–H groups in total. The topological polar surface area (TPSA) is 110 Å². The molecule has 9 heteroatoms. The average Bonchev–Trinajstić information content (AvgIpc) is 3.14. The Labute approximate surface area is 162 Å². The fourth-order valence-corrected chi connectivity index (χ4v) is 6.39. The summed E-state index contributed by atoms with van der Waals surface area (Å²) in [7, 11) is 3.89. The molecule has 0 bridgehead atoms. The molecule has 26 heavy (non-hydrogen) atoms. The second-order valence-corrected chi connectivity index (χ2v) is 9.73. The Kier molecular flexibility index (Phi) is 10.0. The SMILES string of the molecule is O=C(CCCC[C@@H]1CCSS1)OCCCN1C[C@@H](O)C(O)[C@H](O)C1CO. The van der Waals surface area contributed by atoms with Crippen LogP contribution in [0.5, 0.6) is 0 Å². The van der Waals surface area contributed by atoms with E-state index < -0.39 is 24.4 Å². The van der Waals surface area contributed by atoms with Gasteiger partial charge in [0.15, 0.2) is 0 Å². The Morgan fingerprint density at radius 3 is 2.65 bits per heavy atom. The summed E-state index contributed by atoms with van der Waals surface area (Å²) in [4.78, 5) is 13.5. The minimum atomic E-state index is -1.25. The van der Waals surface area contributed by atoms with Crippen molar-refractivity contribution in [2.75, 3.05) is 32.1 Å². The van der Waals surface area contributed by atoms with Crippen molar-refractivity contribution in [3.63, 3.8) is 0 Å². The van der Waals surface area contributed by atoms with Crippen molar-refractivity contribution in [2.45, 2.75) is 68.1 Å². The van der Waals surface area contributed by atoms with Crippen molar-refractivity contribution in [1.29, 1.82) is 0 Å². The summed E-state index contributed by atoms with van der Waals surface area (Å²) >= 11 is 0. The van der Waals surface area contributed by atoms with E-state index in [1.165, 1.54) is 18.6 Å². The number of carbonyl (C=O) groups is 1. The molecule has 0 saturated carbocycles. The molecule has 152 valence electrons. The van der Waals surface area contributed by atoms with E-state index >= 15 is 0 Å². The van der Waals surface area contributed by atoms with Crippen LogP contribution < -0.4 is 0 Å². The standard InChI is InChI=1S/C17H31NO6S2/c19-11-13-16(22)17(23)14(20)10-18(13)7-3-8-24-15(21)5-2-1-4-12-6-9-25-26-12/h12-14,16-17,19-20,22-23H,1-11H2/t12-,13?,14-,16-,17?/m1/s1. The van der Waals surface area contributed by atoms with Crippen LogP contribution in [-0.2, 0) is 9.53 Å². The van der Waals surface area contributed by atoms with Crippen molar-refractivity contribution in [3.05, 3.63) is 0 Å². The molecule has 2 heterocycles. The minimum absolute atomic E-state index is 0.175. The first-order valence-electron chi connectivity index (χ1n) is 9.36. The largest absolute Gasteiger partial charge is 0.466 e. The molecule has 0 aromatic carbocycles. The van der Waals surface area contributed by atoms with Crippen molar-refractivity contribution < 1.29 is 30.0 Å². The van der Waals surface area contributed by atoms with Gasteiger partial charge in [-0.1, -0.05) is 28.0 Å². The molecule has 2 rings (SSSR count). The minimum Gasteiger partial charge on any atom is -0.466 e. The van der Waals surface area contributed by atoms with Crippen LogP contribution in [0.1, 0.15) is 38.5 Å². The van der Waals surface area contributed by atoms with Crippen LogP contribution in [-0.4, -0.2) is 93.0 Å². The summed E-state index contributed by atoms with van der Waals surface area (Å²) in [5.74, 6) is 1.05. The van der Waals surface area contributed by atoms with Crippen molar-refractivity contribution in [3.8, 4) is 0 Å². The maximum atomic E-state index is 11.8. The van der Waals surface area contributed by atoms with Crippen LogP contribution >= 0.6 is 21.6 Å². The Bertz CT molecular complexity index is 424. The highest BCUT2D eigenvalue weighted by atomic mass is 33.1. The fourth-order valence-electron chi connectivity index (χ4n) is 3.37. The first-order valence-corrected chi connectivity index (χ1v) is 11.7. The maximum absolute atomic E-state index is 11.8. The van der Waals surface area contributed by atoms with Gasteiger partial charge in [0.1, 0.15) is 12.2 Å². The van der Waals surface area contributed by atoms with Crippen LogP contribution in [0.4, 0.5) is 0 Å². The van der Waals surface area contributed by atoms with Gasteiger partial charge in [0.2, 0.25) is 0 Å². The molecule has 2 unspecified atom stereocenters. The smallest absolute Gasteiger partial charge is 0.305 e. The van der Waals surface area contributed by atoms with Gasteiger partial charge in [0, 0.05) is 30.5 Å². The highest BCUT2D eigenvalue weighted by Gasteiger charge is 2.40. The van der Waals surface area contributed by atoms with E-state index in [0.29, 0.717) is 19.4 Å². The summed E-state index contributed by atoms with van der Waals surface area (Å²) in [6, 6.07) is -0.615. The number of hydrogen-bond acceptors (Lipinski definition) is 9. The van der Waals surface area contributed by atoms with Crippen molar-refractivity contribution in [1.82, 2.24) is 4.90 Å². The van der Waals surface area contributed by atoms with Gasteiger partial charge in [-0.3, -0.25) is 9.69 Å². The van der Waals surface area contributed by atoms with Gasteiger partial charge in [-0.25, -0.2) is 0 Å². The lowest BCUT2D eigenvalue weighted by molar-refractivity contribution is -0.149. The number of hydrogen-bond donors (Lipinski definition) is 4. The van der Waals surface area contributed by atoms with Crippen LogP contribution in [0.3, 0.4) is 0 Å². The van der Waals surface area contributed by atoms with Crippen molar-refractivity contribution in [2.24, 2.45) is 0 Å². The van der Waals surface area contributed by atoms with E-state index in [4.69, 9.17) is 4.74 Å². The van der Waals surface area contributed by atoms with Gasteiger partial charge in [-0.2, -0.15) is 0 Å². The third kappa shape index (κ3) is 6.85. The molecule has 0 amide bonds. The lowest BCUT2D eigenvalue weighted by Crippen LogP contribution is -2.62. The molecule has 0 aromatic heterocycles. The number of likely N-dealkylation sites (tertiary alicyclic amines) is 1. The highest BCUT2D eigenvalue weighted by molar-refractivity contribution is 8.77. The molecule has 2 saturated heterocycles. The molecule has 0 aromatic rings. The molecule has 0 aliphatic carbocycles. The zero-order chi connectivity index (χ0) is 18.9. The maximum Gasteiger partial charge on any atom is 0.305 e. The zero-order valence-electron chi connectivity index (χ0n) is 15.0. The summed E-state index contributed by atoms with van der Waals surface area (Å²) in [5.41, 5.74) is 0. The number of β-amino-alcohol motifs (C(OH)–C–C–N with tert-alkyl or cyclic N) is 1. The van der Waals surface area contributed by atoms with E-state index in [9.17, 15) is 25.2 Å². The van der Waals surface area contributed by atoms with Gasteiger partial charge in [0.05, 0.1) is 25.4 Å².